The monoisotopic (exact) mass is 447 g/mol. The molecule has 1 fully saturated rings. The van der Waals surface area contributed by atoms with Gasteiger partial charge in [-0.05, 0) is 31.5 Å². The number of benzene rings is 1. The third-order valence-corrected chi connectivity index (χ3v) is 4.94. The van der Waals surface area contributed by atoms with Gasteiger partial charge in [0.2, 0.25) is 0 Å². The number of imide groups is 1. The number of anilines is 1. The van der Waals surface area contributed by atoms with E-state index in [4.69, 9.17) is 23.2 Å². The summed E-state index contributed by atoms with van der Waals surface area (Å²) in [5, 5.41) is -0.667. The van der Waals surface area contributed by atoms with Gasteiger partial charge < -0.3 is 9.64 Å². The standard InChI is InChI=1S/C18H14Cl2F3N3O3/c1-17(2)15(27)26(16(28)25(17)9-10-3-5-24-6-4-10)14-12(19)7-11(8-13(14)20)29-18(21,22)23/h3-8H,9H2,1-2H3. The summed E-state index contributed by atoms with van der Waals surface area (Å²) in [5.41, 5.74) is -0.709. The van der Waals surface area contributed by atoms with Crippen LogP contribution in [0.5, 0.6) is 5.75 Å². The van der Waals surface area contributed by atoms with E-state index >= 15 is 0 Å². The number of carbonyl (C=O) groups excluding carboxylic acids is 2. The van der Waals surface area contributed by atoms with Crippen LogP contribution in [-0.2, 0) is 11.3 Å². The van der Waals surface area contributed by atoms with Crippen molar-refractivity contribution in [1.82, 2.24) is 9.88 Å². The Morgan fingerprint density at radius 3 is 2.17 bits per heavy atom. The number of aromatic nitrogens is 1. The smallest absolute Gasteiger partial charge is 0.406 e. The summed E-state index contributed by atoms with van der Waals surface area (Å²) in [5.74, 6) is -1.28. The molecule has 2 heterocycles. The number of nitrogens with zero attached hydrogens (tertiary/aromatic N) is 3. The van der Waals surface area contributed by atoms with Crippen molar-refractivity contribution in [3.8, 4) is 5.75 Å². The van der Waals surface area contributed by atoms with Gasteiger partial charge in [0.1, 0.15) is 11.3 Å². The molecule has 0 atom stereocenters. The van der Waals surface area contributed by atoms with Crippen molar-refractivity contribution < 1.29 is 27.5 Å². The van der Waals surface area contributed by atoms with E-state index in [0.29, 0.717) is 0 Å². The highest BCUT2D eigenvalue weighted by Crippen LogP contribution is 2.43. The molecule has 0 bridgehead atoms. The molecular formula is C18H14Cl2F3N3O3. The van der Waals surface area contributed by atoms with Crippen molar-refractivity contribution in [3.05, 3.63) is 52.3 Å². The summed E-state index contributed by atoms with van der Waals surface area (Å²) in [6, 6.07) is 4.37. The normalized spacial score (nSPS) is 16.5. The Morgan fingerprint density at radius 2 is 1.66 bits per heavy atom. The zero-order valence-electron chi connectivity index (χ0n) is 15.1. The Balaban J connectivity index is 1.99. The van der Waals surface area contributed by atoms with Crippen LogP contribution in [-0.4, -0.2) is 33.7 Å². The molecule has 29 heavy (non-hydrogen) atoms. The predicted octanol–water partition coefficient (Wildman–Crippen LogP) is 5.03. The molecule has 3 amide bonds. The van der Waals surface area contributed by atoms with Crippen molar-refractivity contribution in [1.29, 1.82) is 0 Å². The fourth-order valence-corrected chi connectivity index (χ4v) is 3.55. The number of amides is 3. The zero-order chi connectivity index (χ0) is 21.6. The third-order valence-electron chi connectivity index (χ3n) is 4.36. The van der Waals surface area contributed by atoms with Gasteiger partial charge in [0, 0.05) is 31.1 Å². The van der Waals surface area contributed by atoms with Gasteiger partial charge in [-0.15, -0.1) is 13.2 Å². The summed E-state index contributed by atoms with van der Waals surface area (Å²) in [6.07, 6.45) is -1.85. The van der Waals surface area contributed by atoms with Crippen molar-refractivity contribution in [2.45, 2.75) is 32.3 Å². The number of urea groups is 1. The summed E-state index contributed by atoms with van der Waals surface area (Å²) >= 11 is 12.1. The molecule has 154 valence electrons. The molecule has 1 aromatic heterocycles. The SMILES string of the molecule is CC1(C)C(=O)N(c2c(Cl)cc(OC(F)(F)F)cc2Cl)C(=O)N1Cc1ccncc1. The highest BCUT2D eigenvalue weighted by molar-refractivity contribution is 6.42. The first kappa shape index (κ1) is 21.2. The maximum atomic E-state index is 13.0. The molecule has 1 aromatic carbocycles. The van der Waals surface area contributed by atoms with Crippen LogP contribution < -0.4 is 9.64 Å². The molecule has 0 N–H and O–H groups in total. The number of pyridine rings is 1. The van der Waals surface area contributed by atoms with Gasteiger partial charge in [0.15, 0.2) is 0 Å². The highest BCUT2D eigenvalue weighted by Gasteiger charge is 2.52. The Kier molecular flexibility index (Phi) is 5.40. The summed E-state index contributed by atoms with van der Waals surface area (Å²) < 4.78 is 41.2. The van der Waals surface area contributed by atoms with Crippen molar-refractivity contribution in [3.63, 3.8) is 0 Å². The lowest BCUT2D eigenvalue weighted by atomic mass is 10.0. The van der Waals surface area contributed by atoms with E-state index < -0.39 is 29.6 Å². The minimum absolute atomic E-state index is 0.112. The van der Waals surface area contributed by atoms with E-state index in [-0.39, 0.29) is 22.3 Å². The van der Waals surface area contributed by atoms with Crippen LogP contribution in [0.25, 0.3) is 0 Å². The van der Waals surface area contributed by atoms with E-state index in [1.165, 1.54) is 4.90 Å². The van der Waals surface area contributed by atoms with Gasteiger partial charge in [-0.1, -0.05) is 23.2 Å². The van der Waals surface area contributed by atoms with Crippen LogP contribution in [0.1, 0.15) is 19.4 Å². The van der Waals surface area contributed by atoms with Crippen molar-refractivity contribution >= 4 is 40.8 Å². The molecule has 1 saturated heterocycles. The maximum Gasteiger partial charge on any atom is 0.573 e. The molecule has 0 radical (unpaired) electrons. The second-order valence-corrected chi connectivity index (χ2v) is 7.52. The van der Waals surface area contributed by atoms with Crippen LogP contribution in [0.15, 0.2) is 36.7 Å². The summed E-state index contributed by atoms with van der Waals surface area (Å²) in [6.45, 7) is 3.22. The second-order valence-electron chi connectivity index (χ2n) is 6.71. The van der Waals surface area contributed by atoms with Gasteiger partial charge in [-0.3, -0.25) is 9.78 Å². The van der Waals surface area contributed by atoms with Crippen LogP contribution in [0.3, 0.4) is 0 Å². The highest BCUT2D eigenvalue weighted by atomic mass is 35.5. The van der Waals surface area contributed by atoms with Gasteiger partial charge in [0.05, 0.1) is 15.7 Å². The first-order valence-corrected chi connectivity index (χ1v) is 8.97. The lowest BCUT2D eigenvalue weighted by molar-refractivity contribution is -0.274. The van der Waals surface area contributed by atoms with Crippen molar-refractivity contribution in [2.75, 3.05) is 4.90 Å². The first-order chi connectivity index (χ1) is 13.4. The summed E-state index contributed by atoms with van der Waals surface area (Å²) in [7, 11) is 0. The molecule has 1 aliphatic heterocycles. The number of carbonyl (C=O) groups is 2. The molecular weight excluding hydrogens is 434 g/mol. The quantitative estimate of drug-likeness (QED) is 0.616. The number of halogens is 5. The van der Waals surface area contributed by atoms with Crippen LogP contribution in [0.2, 0.25) is 10.0 Å². The average molecular weight is 448 g/mol. The van der Waals surface area contributed by atoms with E-state index in [1.54, 1.807) is 38.4 Å². The van der Waals surface area contributed by atoms with Gasteiger partial charge in [-0.2, -0.15) is 0 Å². The second kappa shape index (κ2) is 7.38. The minimum Gasteiger partial charge on any atom is -0.406 e. The number of rotatable bonds is 4. The molecule has 11 heteroatoms. The molecule has 1 aliphatic rings. The fraction of sp³-hybridized carbons (Fsp3) is 0.278. The Labute approximate surface area is 173 Å². The minimum atomic E-state index is -4.95. The Hall–Kier alpha value is -2.52. The maximum absolute atomic E-state index is 13.0. The topological polar surface area (TPSA) is 62.7 Å². The molecule has 3 rings (SSSR count). The Bertz CT molecular complexity index is 945. The average Bonchev–Trinajstić information content (AvgIpc) is 2.75. The molecule has 6 nitrogen and oxygen atoms in total. The number of hydrogen-bond donors (Lipinski definition) is 0. The molecule has 0 unspecified atom stereocenters. The lowest BCUT2D eigenvalue weighted by Gasteiger charge is -2.27. The predicted molar refractivity (Wildman–Crippen MR) is 99.9 cm³/mol. The van der Waals surface area contributed by atoms with Crippen LogP contribution in [0, 0.1) is 0 Å². The van der Waals surface area contributed by atoms with Gasteiger partial charge >= 0.3 is 12.4 Å². The van der Waals surface area contributed by atoms with Gasteiger partial charge in [0.25, 0.3) is 5.91 Å². The van der Waals surface area contributed by atoms with E-state index in [1.807, 2.05) is 0 Å². The molecule has 0 aliphatic carbocycles. The number of alkyl halides is 3. The first-order valence-electron chi connectivity index (χ1n) is 8.21. The van der Waals surface area contributed by atoms with Crippen LogP contribution in [0.4, 0.5) is 23.7 Å². The number of ether oxygens (including phenoxy) is 1. The summed E-state index contributed by atoms with van der Waals surface area (Å²) in [4.78, 5) is 32.0. The van der Waals surface area contributed by atoms with E-state index in [0.717, 1.165) is 22.6 Å². The zero-order valence-corrected chi connectivity index (χ0v) is 16.6. The largest absolute Gasteiger partial charge is 0.573 e. The van der Waals surface area contributed by atoms with E-state index in [2.05, 4.69) is 9.72 Å². The molecule has 0 spiro atoms. The Morgan fingerprint density at radius 1 is 1.10 bits per heavy atom. The third kappa shape index (κ3) is 4.11. The molecule has 2 aromatic rings. The van der Waals surface area contributed by atoms with E-state index in [9.17, 15) is 22.8 Å². The van der Waals surface area contributed by atoms with Crippen LogP contribution >= 0.6 is 23.2 Å². The van der Waals surface area contributed by atoms with Crippen molar-refractivity contribution in [2.24, 2.45) is 0 Å². The lowest BCUT2D eigenvalue weighted by Crippen LogP contribution is -2.43. The fourth-order valence-electron chi connectivity index (χ4n) is 2.92. The van der Waals surface area contributed by atoms with Gasteiger partial charge in [-0.25, -0.2) is 9.69 Å². The molecule has 0 saturated carbocycles. The number of hydrogen-bond acceptors (Lipinski definition) is 4.